The van der Waals surface area contributed by atoms with Crippen LogP contribution in [0.1, 0.15) is 46.0 Å². The Morgan fingerprint density at radius 3 is 2.89 bits per heavy atom. The maximum absolute atomic E-state index is 6.06. The smallest absolute Gasteiger partial charge is 0.242 e. The minimum absolute atomic E-state index is 0.439. The van der Waals surface area contributed by atoms with Crippen LogP contribution in [0.4, 0.5) is 11.5 Å². The van der Waals surface area contributed by atoms with E-state index in [9.17, 15) is 0 Å². The Hall–Kier alpha value is -1.52. The predicted molar refractivity (Wildman–Crippen MR) is 77.3 cm³/mol. The van der Waals surface area contributed by atoms with E-state index in [0.29, 0.717) is 36.0 Å². The Morgan fingerprint density at radius 2 is 2.11 bits per heavy atom. The molecule has 1 aromatic heterocycles. The van der Waals surface area contributed by atoms with E-state index in [2.05, 4.69) is 22.2 Å². The summed E-state index contributed by atoms with van der Waals surface area (Å²) in [5.41, 5.74) is 6.57. The maximum atomic E-state index is 6.06. The van der Waals surface area contributed by atoms with E-state index in [1.54, 1.807) is 0 Å². The van der Waals surface area contributed by atoms with Crippen molar-refractivity contribution in [1.82, 2.24) is 9.97 Å². The molecule has 2 atom stereocenters. The van der Waals surface area contributed by atoms with Crippen molar-refractivity contribution in [3.63, 3.8) is 0 Å². The van der Waals surface area contributed by atoms with Gasteiger partial charge in [0, 0.05) is 6.04 Å². The zero-order valence-electron chi connectivity index (χ0n) is 11.9. The van der Waals surface area contributed by atoms with Crippen LogP contribution in [0.15, 0.2) is 6.33 Å². The topological polar surface area (TPSA) is 73.1 Å². The molecule has 1 heterocycles. The molecular weight excluding hydrogens is 240 g/mol. The van der Waals surface area contributed by atoms with Gasteiger partial charge >= 0.3 is 0 Å². The van der Waals surface area contributed by atoms with Crippen molar-refractivity contribution in [3.8, 4) is 5.88 Å². The molecule has 1 aromatic rings. The molecule has 1 aliphatic rings. The van der Waals surface area contributed by atoms with Crippen LogP contribution in [0.2, 0.25) is 0 Å². The summed E-state index contributed by atoms with van der Waals surface area (Å²) in [7, 11) is 0. The molecule has 5 heteroatoms. The summed E-state index contributed by atoms with van der Waals surface area (Å²) >= 11 is 0. The lowest BCUT2D eigenvalue weighted by Crippen LogP contribution is -2.27. The van der Waals surface area contributed by atoms with Gasteiger partial charge in [0.05, 0.1) is 6.61 Å². The molecule has 1 saturated carbocycles. The van der Waals surface area contributed by atoms with Crippen molar-refractivity contribution in [1.29, 1.82) is 0 Å². The number of hydrogen-bond acceptors (Lipinski definition) is 5. The monoisotopic (exact) mass is 264 g/mol. The molecule has 1 aliphatic carbocycles. The number of nitrogens with zero attached hydrogens (tertiary/aromatic N) is 2. The van der Waals surface area contributed by atoms with Crippen LogP contribution in [-0.4, -0.2) is 22.6 Å². The van der Waals surface area contributed by atoms with E-state index in [-0.39, 0.29) is 0 Å². The lowest BCUT2D eigenvalue weighted by molar-refractivity contribution is 0.328. The number of aromatic nitrogens is 2. The van der Waals surface area contributed by atoms with Crippen LogP contribution in [-0.2, 0) is 0 Å². The molecule has 1 fully saturated rings. The van der Waals surface area contributed by atoms with Gasteiger partial charge in [0.1, 0.15) is 12.0 Å². The van der Waals surface area contributed by atoms with E-state index in [1.807, 2.05) is 6.92 Å². The van der Waals surface area contributed by atoms with E-state index >= 15 is 0 Å². The van der Waals surface area contributed by atoms with Gasteiger partial charge in [-0.05, 0) is 25.7 Å². The van der Waals surface area contributed by atoms with Crippen molar-refractivity contribution in [3.05, 3.63) is 6.33 Å². The molecule has 2 rings (SSSR count). The molecule has 0 saturated heterocycles. The summed E-state index contributed by atoms with van der Waals surface area (Å²) in [6, 6.07) is 0.439. The lowest BCUT2D eigenvalue weighted by atomic mass is 9.97. The highest BCUT2D eigenvalue weighted by Crippen LogP contribution is 2.29. The molecule has 0 radical (unpaired) electrons. The minimum Gasteiger partial charge on any atom is -0.476 e. The molecule has 3 N–H and O–H groups in total. The van der Waals surface area contributed by atoms with Gasteiger partial charge < -0.3 is 15.8 Å². The third-order valence-electron chi connectivity index (χ3n) is 3.81. The van der Waals surface area contributed by atoms with E-state index < -0.39 is 0 Å². The van der Waals surface area contributed by atoms with Gasteiger partial charge in [-0.25, -0.2) is 4.98 Å². The second-order valence-electron chi connectivity index (χ2n) is 5.24. The van der Waals surface area contributed by atoms with Crippen LogP contribution in [0.3, 0.4) is 0 Å². The Balaban J connectivity index is 2.11. The van der Waals surface area contributed by atoms with Gasteiger partial charge in [-0.1, -0.05) is 26.2 Å². The van der Waals surface area contributed by atoms with Gasteiger partial charge in [-0.3, -0.25) is 0 Å². The van der Waals surface area contributed by atoms with Gasteiger partial charge in [0.2, 0.25) is 5.88 Å². The number of rotatable bonds is 4. The van der Waals surface area contributed by atoms with Gasteiger partial charge in [0.15, 0.2) is 5.82 Å². The van der Waals surface area contributed by atoms with Crippen LogP contribution in [0, 0.1) is 5.92 Å². The summed E-state index contributed by atoms with van der Waals surface area (Å²) in [5, 5.41) is 3.48. The first-order chi connectivity index (χ1) is 9.22. The SMILES string of the molecule is CCOc1ncnc(NC2CCCCCC2C)c1N. The van der Waals surface area contributed by atoms with E-state index in [4.69, 9.17) is 10.5 Å². The third kappa shape index (κ3) is 3.49. The molecule has 0 amide bonds. The fourth-order valence-electron chi connectivity index (χ4n) is 2.63. The molecule has 2 unspecified atom stereocenters. The molecule has 0 aliphatic heterocycles. The van der Waals surface area contributed by atoms with Gasteiger partial charge in [-0.15, -0.1) is 0 Å². The Bertz CT molecular complexity index is 410. The summed E-state index contributed by atoms with van der Waals surface area (Å²) in [6.45, 7) is 4.77. The number of anilines is 2. The molecule has 106 valence electrons. The van der Waals surface area contributed by atoms with Crippen molar-refractivity contribution in [2.45, 2.75) is 52.0 Å². The highest BCUT2D eigenvalue weighted by Gasteiger charge is 2.21. The molecule has 0 spiro atoms. The standard InChI is InChI=1S/C14H24N4O/c1-3-19-14-12(15)13(16-9-17-14)18-11-8-6-4-5-7-10(11)2/h9-11H,3-8,15H2,1-2H3,(H,16,17,18). The zero-order valence-corrected chi connectivity index (χ0v) is 11.9. The first-order valence-corrected chi connectivity index (χ1v) is 7.22. The van der Waals surface area contributed by atoms with Crippen LogP contribution in [0.25, 0.3) is 0 Å². The van der Waals surface area contributed by atoms with E-state index in [0.717, 1.165) is 0 Å². The van der Waals surface area contributed by atoms with Crippen LogP contribution >= 0.6 is 0 Å². The normalized spacial score (nSPS) is 23.7. The fraction of sp³-hybridized carbons (Fsp3) is 0.714. The fourth-order valence-corrected chi connectivity index (χ4v) is 2.63. The Kier molecular flexibility index (Phi) is 4.82. The van der Waals surface area contributed by atoms with Crippen molar-refractivity contribution >= 4 is 11.5 Å². The van der Waals surface area contributed by atoms with Gasteiger partial charge in [-0.2, -0.15) is 4.98 Å². The summed E-state index contributed by atoms with van der Waals surface area (Å²) in [5.74, 6) is 1.82. The van der Waals surface area contributed by atoms with Crippen molar-refractivity contribution in [2.75, 3.05) is 17.7 Å². The summed E-state index contributed by atoms with van der Waals surface area (Å²) < 4.78 is 5.40. The first kappa shape index (κ1) is 13.9. The molecule has 5 nitrogen and oxygen atoms in total. The summed E-state index contributed by atoms with van der Waals surface area (Å²) in [6.07, 6.45) is 7.86. The highest BCUT2D eigenvalue weighted by atomic mass is 16.5. The quantitative estimate of drug-likeness (QED) is 0.818. The number of nitrogens with two attached hydrogens (primary N) is 1. The third-order valence-corrected chi connectivity index (χ3v) is 3.81. The average molecular weight is 264 g/mol. The molecular formula is C14H24N4O. The number of nitrogens with one attached hydrogen (secondary N) is 1. The van der Waals surface area contributed by atoms with Crippen molar-refractivity contribution < 1.29 is 4.74 Å². The largest absolute Gasteiger partial charge is 0.476 e. The van der Waals surface area contributed by atoms with Crippen molar-refractivity contribution in [2.24, 2.45) is 5.92 Å². The number of nitrogen functional groups attached to an aromatic ring is 1. The zero-order chi connectivity index (χ0) is 13.7. The second-order valence-corrected chi connectivity index (χ2v) is 5.24. The second kappa shape index (κ2) is 6.59. The first-order valence-electron chi connectivity index (χ1n) is 7.22. The molecule has 19 heavy (non-hydrogen) atoms. The van der Waals surface area contributed by atoms with E-state index in [1.165, 1.54) is 38.4 Å². The maximum Gasteiger partial charge on any atom is 0.242 e. The lowest BCUT2D eigenvalue weighted by Gasteiger charge is -2.24. The predicted octanol–water partition coefficient (Wildman–Crippen LogP) is 2.84. The Morgan fingerprint density at radius 1 is 1.32 bits per heavy atom. The van der Waals surface area contributed by atoms with Crippen LogP contribution in [0.5, 0.6) is 5.88 Å². The average Bonchev–Trinajstić information content (AvgIpc) is 2.60. The summed E-state index contributed by atoms with van der Waals surface area (Å²) in [4.78, 5) is 8.31. The van der Waals surface area contributed by atoms with Gasteiger partial charge in [0.25, 0.3) is 0 Å². The highest BCUT2D eigenvalue weighted by molar-refractivity contribution is 5.66. The Labute approximate surface area is 115 Å². The minimum atomic E-state index is 0.439. The number of ether oxygens (including phenoxy) is 1. The van der Waals surface area contributed by atoms with Crippen LogP contribution < -0.4 is 15.8 Å². The number of hydrogen-bond donors (Lipinski definition) is 2. The molecule has 0 aromatic carbocycles. The molecule has 0 bridgehead atoms.